The number of halogens is 3. The molecule has 4 rings (SSSR count). The van der Waals surface area contributed by atoms with Crippen molar-refractivity contribution in [3.63, 3.8) is 0 Å². The Bertz CT molecular complexity index is 993. The highest BCUT2D eigenvalue weighted by molar-refractivity contribution is 9.10. The molecule has 8 heteroatoms. The van der Waals surface area contributed by atoms with Crippen molar-refractivity contribution in [2.45, 2.75) is 18.9 Å². The van der Waals surface area contributed by atoms with E-state index in [0.29, 0.717) is 46.3 Å². The van der Waals surface area contributed by atoms with Crippen molar-refractivity contribution in [3.05, 3.63) is 69.2 Å². The molecule has 1 aliphatic rings. The lowest BCUT2D eigenvalue weighted by molar-refractivity contribution is -0.128. The number of amides is 1. The van der Waals surface area contributed by atoms with Crippen LogP contribution in [0.5, 0.6) is 0 Å². The molecule has 0 spiro atoms. The van der Waals surface area contributed by atoms with E-state index < -0.39 is 0 Å². The number of aromatic nitrogens is 2. The molecule has 1 aliphatic heterocycles. The third-order valence-electron chi connectivity index (χ3n) is 4.47. The van der Waals surface area contributed by atoms with Crippen LogP contribution in [0.3, 0.4) is 0 Å². The van der Waals surface area contributed by atoms with Crippen LogP contribution in [0.2, 0.25) is 5.02 Å². The van der Waals surface area contributed by atoms with Crippen molar-refractivity contribution >= 4 is 33.4 Å². The van der Waals surface area contributed by atoms with Gasteiger partial charge in [-0.1, -0.05) is 28.9 Å². The number of hydrogen-bond acceptors (Lipinski definition) is 4. The van der Waals surface area contributed by atoms with E-state index in [-0.39, 0.29) is 17.6 Å². The molecule has 1 aromatic heterocycles. The molecule has 5 nitrogen and oxygen atoms in total. The number of carbonyl (C=O) groups is 1. The summed E-state index contributed by atoms with van der Waals surface area (Å²) in [7, 11) is 0. The van der Waals surface area contributed by atoms with Gasteiger partial charge in [0.2, 0.25) is 17.6 Å². The van der Waals surface area contributed by atoms with Gasteiger partial charge >= 0.3 is 0 Å². The molecule has 0 N–H and O–H groups in total. The van der Waals surface area contributed by atoms with E-state index in [4.69, 9.17) is 16.1 Å². The maximum atomic E-state index is 13.4. The molecular formula is C19H14BrClFN3O2. The Balaban J connectivity index is 1.48. The molecule has 0 radical (unpaired) electrons. The fourth-order valence-electron chi connectivity index (χ4n) is 3.05. The molecule has 138 valence electrons. The van der Waals surface area contributed by atoms with E-state index in [2.05, 4.69) is 26.1 Å². The van der Waals surface area contributed by atoms with Crippen molar-refractivity contribution in [2.75, 3.05) is 6.54 Å². The van der Waals surface area contributed by atoms with Crippen molar-refractivity contribution in [1.82, 2.24) is 15.0 Å². The Morgan fingerprint density at radius 3 is 2.78 bits per heavy atom. The van der Waals surface area contributed by atoms with Crippen molar-refractivity contribution in [3.8, 4) is 11.4 Å². The molecule has 0 saturated carbocycles. The molecule has 1 fully saturated rings. The molecular weight excluding hydrogens is 437 g/mol. The van der Waals surface area contributed by atoms with Gasteiger partial charge in [0.15, 0.2) is 0 Å². The molecule has 2 aromatic carbocycles. The predicted octanol–water partition coefficient (Wildman–Crippen LogP) is 4.81. The van der Waals surface area contributed by atoms with Gasteiger partial charge in [-0.15, -0.1) is 0 Å². The summed E-state index contributed by atoms with van der Waals surface area (Å²) in [4.78, 5) is 18.5. The van der Waals surface area contributed by atoms with Crippen molar-refractivity contribution < 1.29 is 13.7 Å². The van der Waals surface area contributed by atoms with Crippen LogP contribution < -0.4 is 0 Å². The van der Waals surface area contributed by atoms with E-state index in [1.54, 1.807) is 29.2 Å². The van der Waals surface area contributed by atoms with Crippen LogP contribution in [0.15, 0.2) is 51.5 Å². The second kappa shape index (κ2) is 7.40. The second-order valence-electron chi connectivity index (χ2n) is 6.39. The number of likely N-dealkylation sites (tertiary alicyclic amines) is 1. The standard InChI is InChI=1S/C19H14BrClFN3O2/c20-15-7-12(3-6-16(15)22)18-23-19(27-24-18)13-8-17(26)25(10-13)9-11-1-4-14(21)5-2-11/h1-7,13H,8-10H2. The zero-order valence-electron chi connectivity index (χ0n) is 14.0. The summed E-state index contributed by atoms with van der Waals surface area (Å²) >= 11 is 9.05. The lowest BCUT2D eigenvalue weighted by Gasteiger charge is -2.16. The summed E-state index contributed by atoms with van der Waals surface area (Å²) in [6, 6.07) is 11.9. The summed E-state index contributed by atoms with van der Waals surface area (Å²) in [5.74, 6) is 0.308. The zero-order chi connectivity index (χ0) is 19.0. The topological polar surface area (TPSA) is 59.2 Å². The Labute approximate surface area is 168 Å². The summed E-state index contributed by atoms with van der Waals surface area (Å²) in [5, 5.41) is 4.63. The maximum absolute atomic E-state index is 13.4. The van der Waals surface area contributed by atoms with E-state index >= 15 is 0 Å². The zero-order valence-corrected chi connectivity index (χ0v) is 16.4. The first kappa shape index (κ1) is 18.1. The Morgan fingerprint density at radius 1 is 1.26 bits per heavy atom. The first-order chi connectivity index (χ1) is 13.0. The molecule has 0 bridgehead atoms. The minimum absolute atomic E-state index is 0.0410. The van der Waals surface area contributed by atoms with Gasteiger partial charge in [0.25, 0.3) is 0 Å². The van der Waals surface area contributed by atoms with Gasteiger partial charge in [0, 0.05) is 30.1 Å². The summed E-state index contributed by atoms with van der Waals surface area (Å²) < 4.78 is 19.1. The van der Waals surface area contributed by atoms with Crippen LogP contribution in [0.25, 0.3) is 11.4 Å². The Hall–Kier alpha value is -2.25. The average molecular weight is 451 g/mol. The average Bonchev–Trinajstić information content (AvgIpc) is 3.27. The molecule has 1 saturated heterocycles. The van der Waals surface area contributed by atoms with Gasteiger partial charge < -0.3 is 9.42 Å². The minimum Gasteiger partial charge on any atom is -0.339 e. The quantitative estimate of drug-likeness (QED) is 0.572. The normalized spacial score (nSPS) is 16.9. The molecule has 1 amide bonds. The first-order valence-electron chi connectivity index (χ1n) is 8.31. The second-order valence-corrected chi connectivity index (χ2v) is 7.68. The van der Waals surface area contributed by atoms with Gasteiger partial charge in [-0.3, -0.25) is 4.79 Å². The van der Waals surface area contributed by atoms with E-state index in [9.17, 15) is 9.18 Å². The number of hydrogen-bond donors (Lipinski definition) is 0. The highest BCUT2D eigenvalue weighted by Gasteiger charge is 2.34. The molecule has 3 aromatic rings. The van der Waals surface area contributed by atoms with Crippen LogP contribution in [-0.2, 0) is 11.3 Å². The van der Waals surface area contributed by atoms with Crippen LogP contribution in [0.4, 0.5) is 4.39 Å². The fraction of sp³-hybridized carbons (Fsp3) is 0.211. The largest absolute Gasteiger partial charge is 0.339 e. The molecule has 27 heavy (non-hydrogen) atoms. The number of rotatable bonds is 4. The van der Waals surface area contributed by atoms with E-state index in [0.717, 1.165) is 5.56 Å². The van der Waals surface area contributed by atoms with Crippen LogP contribution in [0, 0.1) is 5.82 Å². The molecule has 1 atom stereocenters. The summed E-state index contributed by atoms with van der Waals surface area (Å²) in [6.07, 6.45) is 0.322. The van der Waals surface area contributed by atoms with Gasteiger partial charge in [-0.25, -0.2) is 4.39 Å². The highest BCUT2D eigenvalue weighted by Crippen LogP contribution is 2.30. The third kappa shape index (κ3) is 3.89. The third-order valence-corrected chi connectivity index (χ3v) is 5.33. The molecule has 0 aliphatic carbocycles. The number of nitrogens with zero attached hydrogens (tertiary/aromatic N) is 3. The Kier molecular flexibility index (Phi) is 4.97. The highest BCUT2D eigenvalue weighted by atomic mass is 79.9. The summed E-state index contributed by atoms with van der Waals surface area (Å²) in [6.45, 7) is 1.02. The van der Waals surface area contributed by atoms with Crippen molar-refractivity contribution in [2.24, 2.45) is 0 Å². The predicted molar refractivity (Wildman–Crippen MR) is 102 cm³/mol. The first-order valence-corrected chi connectivity index (χ1v) is 9.48. The van der Waals surface area contributed by atoms with Gasteiger partial charge in [0.1, 0.15) is 5.82 Å². The summed E-state index contributed by atoms with van der Waals surface area (Å²) in [5.41, 5.74) is 1.65. The fourth-order valence-corrected chi connectivity index (χ4v) is 3.56. The van der Waals surface area contributed by atoms with Crippen LogP contribution in [-0.4, -0.2) is 27.5 Å². The molecule has 2 heterocycles. The maximum Gasteiger partial charge on any atom is 0.232 e. The SMILES string of the molecule is O=C1CC(c2nc(-c3ccc(F)c(Br)c3)no2)CN1Cc1ccc(Cl)cc1. The lowest BCUT2D eigenvalue weighted by atomic mass is 10.1. The van der Waals surface area contributed by atoms with Gasteiger partial charge in [0.05, 0.1) is 10.4 Å². The number of benzene rings is 2. The van der Waals surface area contributed by atoms with Gasteiger partial charge in [-0.2, -0.15) is 4.98 Å². The minimum atomic E-state index is -0.360. The smallest absolute Gasteiger partial charge is 0.232 e. The van der Waals surface area contributed by atoms with Crippen LogP contribution in [0.1, 0.15) is 23.8 Å². The number of carbonyl (C=O) groups excluding carboxylic acids is 1. The van der Waals surface area contributed by atoms with Crippen molar-refractivity contribution in [1.29, 1.82) is 0 Å². The van der Waals surface area contributed by atoms with Crippen LogP contribution >= 0.6 is 27.5 Å². The Morgan fingerprint density at radius 2 is 2.04 bits per heavy atom. The monoisotopic (exact) mass is 449 g/mol. The van der Waals surface area contributed by atoms with E-state index in [1.165, 1.54) is 6.07 Å². The van der Waals surface area contributed by atoms with Gasteiger partial charge in [-0.05, 0) is 51.8 Å². The molecule has 1 unspecified atom stereocenters. The van der Waals surface area contributed by atoms with E-state index in [1.807, 2.05) is 12.1 Å². The lowest BCUT2D eigenvalue weighted by Crippen LogP contribution is -2.24.